The fourth-order valence-corrected chi connectivity index (χ4v) is 3.50. The van der Waals surface area contributed by atoms with E-state index in [1.807, 2.05) is 0 Å². The Balaban J connectivity index is 3.17. The van der Waals surface area contributed by atoms with Gasteiger partial charge in [-0.25, -0.2) is 12.8 Å². The van der Waals surface area contributed by atoms with Gasteiger partial charge < -0.3 is 4.74 Å². The van der Waals surface area contributed by atoms with Crippen LogP contribution >= 0.6 is 15.9 Å². The normalized spacial score (nSPS) is 11.3. The van der Waals surface area contributed by atoms with E-state index in [1.54, 1.807) is 6.92 Å². The first-order valence-electron chi connectivity index (χ1n) is 5.12. The zero-order valence-corrected chi connectivity index (χ0v) is 12.3. The van der Waals surface area contributed by atoms with Crippen LogP contribution in [0.25, 0.3) is 0 Å². The third-order valence-electron chi connectivity index (χ3n) is 2.12. The summed E-state index contributed by atoms with van der Waals surface area (Å²) in [7, 11) is -4.03. The Morgan fingerprint density at radius 3 is 2.56 bits per heavy atom. The van der Waals surface area contributed by atoms with Crippen LogP contribution in [-0.2, 0) is 19.4 Å². The largest absolute Gasteiger partial charge is 0.465 e. The Hall–Kier alpha value is -0.950. The van der Waals surface area contributed by atoms with Crippen molar-refractivity contribution in [3.8, 4) is 0 Å². The molecule has 7 heteroatoms. The average molecular weight is 339 g/mol. The summed E-state index contributed by atoms with van der Waals surface area (Å²) in [5, 5.41) is 0. The Kier molecular flexibility index (Phi) is 4.86. The predicted molar refractivity (Wildman–Crippen MR) is 67.5 cm³/mol. The number of esters is 1. The molecule has 18 heavy (non-hydrogen) atoms. The highest BCUT2D eigenvalue weighted by Crippen LogP contribution is 2.25. The molecule has 4 nitrogen and oxygen atoms in total. The first kappa shape index (κ1) is 15.1. The van der Waals surface area contributed by atoms with E-state index >= 15 is 0 Å². The van der Waals surface area contributed by atoms with E-state index in [1.165, 1.54) is 13.0 Å². The van der Waals surface area contributed by atoms with E-state index in [4.69, 9.17) is 0 Å². The van der Waals surface area contributed by atoms with Crippen molar-refractivity contribution in [1.29, 1.82) is 0 Å². The number of aryl methyl sites for hydroxylation is 1. The van der Waals surface area contributed by atoms with Gasteiger partial charge in [-0.05, 0) is 31.5 Å². The van der Waals surface area contributed by atoms with Gasteiger partial charge in [0.1, 0.15) is 10.7 Å². The second-order valence-electron chi connectivity index (χ2n) is 3.60. The van der Waals surface area contributed by atoms with E-state index in [9.17, 15) is 17.6 Å². The molecule has 1 rings (SSSR count). The van der Waals surface area contributed by atoms with Gasteiger partial charge in [-0.15, -0.1) is 0 Å². The van der Waals surface area contributed by atoms with Crippen LogP contribution in [0, 0.1) is 12.7 Å². The highest BCUT2D eigenvalue weighted by Gasteiger charge is 2.26. The minimum absolute atomic E-state index is 0.0795. The number of hydrogen-bond donors (Lipinski definition) is 0. The summed E-state index contributed by atoms with van der Waals surface area (Å²) in [6.07, 6.45) is 0. The third kappa shape index (κ3) is 3.52. The van der Waals surface area contributed by atoms with Gasteiger partial charge in [-0.3, -0.25) is 4.79 Å². The molecule has 0 fully saturated rings. The van der Waals surface area contributed by atoms with E-state index in [-0.39, 0.29) is 12.2 Å². The van der Waals surface area contributed by atoms with E-state index in [0.717, 1.165) is 6.07 Å². The molecule has 0 heterocycles. The molecule has 0 saturated heterocycles. The Morgan fingerprint density at radius 1 is 1.44 bits per heavy atom. The molecule has 0 N–H and O–H groups in total. The van der Waals surface area contributed by atoms with Crippen LogP contribution in [0.1, 0.15) is 12.5 Å². The van der Waals surface area contributed by atoms with E-state index in [2.05, 4.69) is 20.7 Å². The van der Waals surface area contributed by atoms with Crippen LogP contribution in [0.2, 0.25) is 0 Å². The molecule has 0 aliphatic carbocycles. The standard InChI is InChI=1S/C11H12BrFO4S/c1-3-17-10(14)6-18(15,16)11-7(2)4-8(12)5-9(11)13/h4-5H,3,6H2,1-2H3. The van der Waals surface area contributed by atoms with Crippen molar-refractivity contribution >= 4 is 31.7 Å². The van der Waals surface area contributed by atoms with Crippen molar-refractivity contribution in [3.05, 3.63) is 28.0 Å². The maximum Gasteiger partial charge on any atom is 0.321 e. The maximum atomic E-state index is 13.7. The quantitative estimate of drug-likeness (QED) is 0.790. The van der Waals surface area contributed by atoms with Gasteiger partial charge in [0, 0.05) is 4.47 Å². The van der Waals surface area contributed by atoms with Gasteiger partial charge in [-0.2, -0.15) is 0 Å². The van der Waals surface area contributed by atoms with Crippen molar-refractivity contribution < 1.29 is 22.3 Å². The summed E-state index contributed by atoms with van der Waals surface area (Å²) in [5.74, 6) is -2.63. The first-order chi connectivity index (χ1) is 8.27. The number of halogens is 2. The van der Waals surface area contributed by atoms with Gasteiger partial charge in [-0.1, -0.05) is 15.9 Å². The average Bonchev–Trinajstić information content (AvgIpc) is 2.13. The van der Waals surface area contributed by atoms with Crippen LogP contribution in [0.4, 0.5) is 4.39 Å². The second-order valence-corrected chi connectivity index (χ2v) is 6.44. The third-order valence-corrected chi connectivity index (χ3v) is 4.33. The molecule has 0 unspecified atom stereocenters. The lowest BCUT2D eigenvalue weighted by Gasteiger charge is -2.09. The van der Waals surface area contributed by atoms with Crippen molar-refractivity contribution in [2.45, 2.75) is 18.7 Å². The molecule has 0 saturated carbocycles. The maximum absolute atomic E-state index is 13.7. The van der Waals surface area contributed by atoms with Crippen LogP contribution in [0.5, 0.6) is 0 Å². The molecular weight excluding hydrogens is 327 g/mol. The molecular formula is C11H12BrFO4S. The number of carbonyl (C=O) groups is 1. The number of benzene rings is 1. The van der Waals surface area contributed by atoms with E-state index < -0.39 is 32.3 Å². The lowest BCUT2D eigenvalue weighted by atomic mass is 10.2. The molecule has 1 aromatic rings. The van der Waals surface area contributed by atoms with Crippen LogP contribution in [0.3, 0.4) is 0 Å². The van der Waals surface area contributed by atoms with Gasteiger partial charge in [0.15, 0.2) is 15.6 Å². The van der Waals surface area contributed by atoms with Crippen LogP contribution in [0.15, 0.2) is 21.5 Å². The lowest BCUT2D eigenvalue weighted by molar-refractivity contribution is -0.139. The van der Waals surface area contributed by atoms with Gasteiger partial charge in [0.25, 0.3) is 0 Å². The smallest absolute Gasteiger partial charge is 0.321 e. The summed E-state index contributed by atoms with van der Waals surface area (Å²) < 4.78 is 42.5. The fourth-order valence-electron chi connectivity index (χ4n) is 1.51. The van der Waals surface area contributed by atoms with Gasteiger partial charge in [0.2, 0.25) is 0 Å². The number of carbonyl (C=O) groups excluding carboxylic acids is 1. The molecule has 0 radical (unpaired) electrons. The first-order valence-corrected chi connectivity index (χ1v) is 7.56. The molecule has 0 aliphatic heterocycles. The predicted octanol–water partition coefficient (Wildman–Crippen LogP) is 2.23. The second kappa shape index (κ2) is 5.79. The summed E-state index contributed by atoms with van der Waals surface area (Å²) in [5.41, 5.74) is 0.242. The lowest BCUT2D eigenvalue weighted by Crippen LogP contribution is -2.20. The number of ether oxygens (including phenoxy) is 1. The topological polar surface area (TPSA) is 60.4 Å². The minimum Gasteiger partial charge on any atom is -0.465 e. The monoisotopic (exact) mass is 338 g/mol. The Labute approximate surface area is 113 Å². The molecule has 0 aliphatic rings. The summed E-state index contributed by atoms with van der Waals surface area (Å²) in [6.45, 7) is 3.11. The van der Waals surface area contributed by atoms with Crippen molar-refractivity contribution in [3.63, 3.8) is 0 Å². The molecule has 0 amide bonds. The molecule has 0 bridgehead atoms. The zero-order chi connectivity index (χ0) is 13.9. The zero-order valence-electron chi connectivity index (χ0n) is 9.87. The fraction of sp³-hybridized carbons (Fsp3) is 0.364. The van der Waals surface area contributed by atoms with Crippen molar-refractivity contribution in [2.75, 3.05) is 12.4 Å². The summed E-state index contributed by atoms with van der Waals surface area (Å²) in [6, 6.07) is 2.52. The number of hydrogen-bond acceptors (Lipinski definition) is 4. The van der Waals surface area contributed by atoms with Crippen molar-refractivity contribution in [2.24, 2.45) is 0 Å². The minimum atomic E-state index is -4.03. The Bertz CT molecular complexity index is 545. The van der Waals surface area contributed by atoms with Crippen LogP contribution < -0.4 is 0 Å². The van der Waals surface area contributed by atoms with E-state index in [0.29, 0.717) is 4.47 Å². The SMILES string of the molecule is CCOC(=O)CS(=O)(=O)c1c(C)cc(Br)cc1F. The highest BCUT2D eigenvalue weighted by atomic mass is 79.9. The van der Waals surface area contributed by atoms with Crippen LogP contribution in [-0.4, -0.2) is 26.7 Å². The van der Waals surface area contributed by atoms with Gasteiger partial charge in [0.05, 0.1) is 6.61 Å². The highest BCUT2D eigenvalue weighted by molar-refractivity contribution is 9.10. The molecule has 0 aromatic heterocycles. The number of rotatable bonds is 4. The van der Waals surface area contributed by atoms with Crippen molar-refractivity contribution in [1.82, 2.24) is 0 Å². The number of sulfone groups is 1. The Morgan fingerprint density at radius 2 is 2.06 bits per heavy atom. The molecule has 0 atom stereocenters. The molecule has 0 spiro atoms. The summed E-state index contributed by atoms with van der Waals surface area (Å²) in [4.78, 5) is 10.7. The molecule has 1 aromatic carbocycles. The summed E-state index contributed by atoms with van der Waals surface area (Å²) >= 11 is 3.06. The molecule has 100 valence electrons. The van der Waals surface area contributed by atoms with Gasteiger partial charge >= 0.3 is 5.97 Å².